The van der Waals surface area contributed by atoms with Crippen molar-refractivity contribution in [2.24, 2.45) is 17.3 Å². The van der Waals surface area contributed by atoms with Crippen molar-refractivity contribution >= 4 is 22.6 Å². The number of hydrogen-bond donors (Lipinski definition) is 0. The lowest BCUT2D eigenvalue weighted by Crippen LogP contribution is -2.40. The molecule has 0 radical (unpaired) electrons. The van der Waals surface area contributed by atoms with E-state index in [1.54, 1.807) is 0 Å². The summed E-state index contributed by atoms with van der Waals surface area (Å²) in [5, 5.41) is 0. The molecule has 2 aliphatic heterocycles. The van der Waals surface area contributed by atoms with Gasteiger partial charge in [-0.3, -0.25) is 0 Å². The Bertz CT molecular complexity index is 452. The molecule has 2 nitrogen and oxygen atoms in total. The topological polar surface area (TPSA) is 18.5 Å². The molecule has 0 bridgehead atoms. The lowest BCUT2D eigenvalue weighted by atomic mass is 9.62. The maximum Gasteiger partial charge on any atom is 0.161 e. The predicted octanol–water partition coefficient (Wildman–Crippen LogP) is 5.23. The van der Waals surface area contributed by atoms with Crippen LogP contribution < -0.4 is 0 Å². The van der Waals surface area contributed by atoms with E-state index in [0.29, 0.717) is 17.9 Å². The molecule has 5 atom stereocenters. The van der Waals surface area contributed by atoms with E-state index in [9.17, 15) is 0 Å². The van der Waals surface area contributed by atoms with Crippen molar-refractivity contribution in [1.82, 2.24) is 0 Å². The van der Waals surface area contributed by atoms with Crippen LogP contribution in [0.5, 0.6) is 0 Å². The van der Waals surface area contributed by atoms with E-state index in [4.69, 9.17) is 9.47 Å². The molecule has 0 aromatic heterocycles. The summed E-state index contributed by atoms with van der Waals surface area (Å²) >= 11 is 2.50. The van der Waals surface area contributed by atoms with E-state index in [1.165, 1.54) is 34.8 Å². The molecule has 1 unspecified atom stereocenters. The van der Waals surface area contributed by atoms with Crippen molar-refractivity contribution in [3.05, 3.63) is 21.3 Å². The first-order chi connectivity index (χ1) is 9.99. The SMILES string of the molecule is CC(C)=CCCC1(C)C=C(I)C[C@@H]2O[C@@H]3OCCC[C@@H]3[C@H]21. The Morgan fingerprint density at radius 3 is 3.05 bits per heavy atom. The maximum absolute atomic E-state index is 6.28. The van der Waals surface area contributed by atoms with Crippen LogP contribution in [0.25, 0.3) is 0 Å². The van der Waals surface area contributed by atoms with Gasteiger partial charge in [0, 0.05) is 24.9 Å². The Kier molecular flexibility index (Phi) is 4.82. The summed E-state index contributed by atoms with van der Waals surface area (Å²) in [6.07, 6.45) is 11.3. The Labute approximate surface area is 142 Å². The summed E-state index contributed by atoms with van der Waals surface area (Å²) in [6.45, 7) is 7.70. The molecule has 3 heteroatoms. The first kappa shape index (κ1) is 16.0. The van der Waals surface area contributed by atoms with Crippen LogP contribution in [0.15, 0.2) is 21.3 Å². The fourth-order valence-corrected chi connectivity index (χ4v) is 5.65. The second-order valence-electron chi connectivity index (χ2n) is 7.37. The Hall–Kier alpha value is 0.130. The van der Waals surface area contributed by atoms with E-state index in [2.05, 4.69) is 55.5 Å². The molecule has 0 aromatic carbocycles. The van der Waals surface area contributed by atoms with Gasteiger partial charge in [0.2, 0.25) is 0 Å². The number of rotatable bonds is 3. The minimum Gasteiger partial charge on any atom is -0.352 e. The number of hydrogen-bond acceptors (Lipinski definition) is 2. The van der Waals surface area contributed by atoms with Crippen molar-refractivity contribution in [3.63, 3.8) is 0 Å². The van der Waals surface area contributed by atoms with Gasteiger partial charge >= 0.3 is 0 Å². The summed E-state index contributed by atoms with van der Waals surface area (Å²) in [5.41, 5.74) is 1.68. The van der Waals surface area contributed by atoms with Gasteiger partial charge in [-0.2, -0.15) is 0 Å². The minimum atomic E-state index is 0.0622. The number of halogens is 1. The van der Waals surface area contributed by atoms with Gasteiger partial charge in [0.1, 0.15) is 0 Å². The third kappa shape index (κ3) is 3.25. The zero-order valence-corrected chi connectivity index (χ0v) is 15.6. The van der Waals surface area contributed by atoms with Gasteiger partial charge in [-0.25, -0.2) is 0 Å². The molecule has 2 heterocycles. The molecular formula is C18H27IO2. The summed E-state index contributed by atoms with van der Waals surface area (Å²) in [5.74, 6) is 1.23. The monoisotopic (exact) mass is 402 g/mol. The average molecular weight is 402 g/mol. The molecule has 0 aromatic rings. The van der Waals surface area contributed by atoms with E-state index in [0.717, 1.165) is 13.0 Å². The van der Waals surface area contributed by atoms with Crippen LogP contribution >= 0.6 is 22.6 Å². The molecule has 3 rings (SSSR count). The number of fused-ring (bicyclic) bond motifs is 3. The quantitative estimate of drug-likeness (QED) is 0.476. The highest BCUT2D eigenvalue weighted by Crippen LogP contribution is 2.55. The summed E-state index contributed by atoms with van der Waals surface area (Å²) in [4.78, 5) is 0. The highest BCUT2D eigenvalue weighted by atomic mass is 127. The molecular weight excluding hydrogens is 375 g/mol. The standard InChI is InChI=1S/C18H27IO2/c1-12(2)6-4-8-18(3)11-13(19)10-15-16(18)14-7-5-9-20-17(14)21-15/h6,11,14-17H,4-5,7-10H2,1-3H3/t14-,15+,16-,17+,18?/m1/s1. The highest BCUT2D eigenvalue weighted by Gasteiger charge is 2.54. The van der Waals surface area contributed by atoms with Crippen LogP contribution in [0.4, 0.5) is 0 Å². The zero-order chi connectivity index (χ0) is 15.0. The third-order valence-electron chi connectivity index (χ3n) is 5.36. The van der Waals surface area contributed by atoms with Gasteiger partial charge in [0.05, 0.1) is 6.10 Å². The van der Waals surface area contributed by atoms with E-state index in [-0.39, 0.29) is 11.7 Å². The van der Waals surface area contributed by atoms with Crippen molar-refractivity contribution in [3.8, 4) is 0 Å². The van der Waals surface area contributed by atoms with Crippen molar-refractivity contribution < 1.29 is 9.47 Å². The van der Waals surface area contributed by atoms with Crippen LogP contribution in [0, 0.1) is 17.3 Å². The molecule has 0 spiro atoms. The summed E-state index contributed by atoms with van der Waals surface area (Å²) in [6, 6.07) is 0. The number of ether oxygens (including phenoxy) is 2. The lowest BCUT2D eigenvalue weighted by molar-refractivity contribution is -0.166. The molecule has 3 aliphatic rings. The molecule has 0 amide bonds. The van der Waals surface area contributed by atoms with Gasteiger partial charge in [0.25, 0.3) is 0 Å². The van der Waals surface area contributed by atoms with Gasteiger partial charge in [-0.1, -0.05) is 24.6 Å². The highest BCUT2D eigenvalue weighted by molar-refractivity contribution is 14.1. The van der Waals surface area contributed by atoms with Crippen LogP contribution in [0.3, 0.4) is 0 Å². The third-order valence-corrected chi connectivity index (χ3v) is 6.12. The molecule has 1 aliphatic carbocycles. The molecule has 0 N–H and O–H groups in total. The van der Waals surface area contributed by atoms with Crippen LogP contribution in [0.2, 0.25) is 0 Å². The Morgan fingerprint density at radius 2 is 2.29 bits per heavy atom. The van der Waals surface area contributed by atoms with Gasteiger partial charge in [-0.15, -0.1) is 0 Å². The molecule has 2 saturated heterocycles. The molecule has 118 valence electrons. The van der Waals surface area contributed by atoms with Crippen LogP contribution in [-0.4, -0.2) is 19.0 Å². The number of allylic oxidation sites excluding steroid dienone is 3. The first-order valence-electron chi connectivity index (χ1n) is 8.27. The summed E-state index contributed by atoms with van der Waals surface area (Å²) < 4.78 is 13.6. The Balaban J connectivity index is 1.82. The smallest absolute Gasteiger partial charge is 0.161 e. The van der Waals surface area contributed by atoms with Crippen molar-refractivity contribution in [1.29, 1.82) is 0 Å². The fraction of sp³-hybridized carbons (Fsp3) is 0.778. The van der Waals surface area contributed by atoms with E-state index < -0.39 is 0 Å². The second kappa shape index (κ2) is 6.32. The largest absolute Gasteiger partial charge is 0.352 e. The normalized spacial score (nSPS) is 42.0. The van der Waals surface area contributed by atoms with E-state index >= 15 is 0 Å². The van der Waals surface area contributed by atoms with Gasteiger partial charge < -0.3 is 9.47 Å². The fourth-order valence-electron chi connectivity index (χ4n) is 4.50. The second-order valence-corrected chi connectivity index (χ2v) is 8.75. The Morgan fingerprint density at radius 1 is 1.48 bits per heavy atom. The predicted molar refractivity (Wildman–Crippen MR) is 94.3 cm³/mol. The van der Waals surface area contributed by atoms with Crippen molar-refractivity contribution in [2.75, 3.05) is 6.61 Å². The van der Waals surface area contributed by atoms with Crippen molar-refractivity contribution in [2.45, 2.75) is 65.3 Å². The molecule has 0 saturated carbocycles. The minimum absolute atomic E-state index is 0.0622. The van der Waals surface area contributed by atoms with Gasteiger partial charge in [0.15, 0.2) is 6.29 Å². The molecule has 21 heavy (non-hydrogen) atoms. The van der Waals surface area contributed by atoms with Gasteiger partial charge in [-0.05, 0) is 71.1 Å². The lowest BCUT2D eigenvalue weighted by Gasteiger charge is -2.42. The maximum atomic E-state index is 6.28. The van der Waals surface area contributed by atoms with Crippen LogP contribution in [0.1, 0.15) is 52.9 Å². The van der Waals surface area contributed by atoms with Crippen LogP contribution in [-0.2, 0) is 9.47 Å². The van der Waals surface area contributed by atoms with E-state index in [1.807, 2.05) is 0 Å². The molecule has 2 fully saturated rings. The average Bonchev–Trinajstić information content (AvgIpc) is 2.76. The summed E-state index contributed by atoms with van der Waals surface area (Å²) in [7, 11) is 0. The zero-order valence-electron chi connectivity index (χ0n) is 13.4. The first-order valence-corrected chi connectivity index (χ1v) is 9.35.